The molecule has 4 rings (SSSR count). The molecular weight excluding hydrogens is 350 g/mol. The molecule has 4 heteroatoms. The van der Waals surface area contributed by atoms with Gasteiger partial charge in [0.2, 0.25) is 12.7 Å². The van der Waals surface area contributed by atoms with Crippen LogP contribution in [-0.2, 0) is 11.2 Å². The topological polar surface area (TPSA) is 38.8 Å². The number of amides is 1. The van der Waals surface area contributed by atoms with Gasteiger partial charge in [0.25, 0.3) is 0 Å². The SMILES string of the molecule is CN(C(=O)Cc1ccccc1)c1ccc(/C=C/c2ccc3c(c2)OCO3)cc1. The summed E-state index contributed by atoms with van der Waals surface area (Å²) in [6.45, 7) is 0.278. The van der Waals surface area contributed by atoms with Gasteiger partial charge in [-0.05, 0) is 41.0 Å². The van der Waals surface area contributed by atoms with Gasteiger partial charge in [-0.15, -0.1) is 0 Å². The summed E-state index contributed by atoms with van der Waals surface area (Å²) in [6.07, 6.45) is 4.46. The Kier molecular flexibility index (Phi) is 5.11. The monoisotopic (exact) mass is 371 g/mol. The molecule has 4 nitrogen and oxygen atoms in total. The van der Waals surface area contributed by atoms with E-state index >= 15 is 0 Å². The van der Waals surface area contributed by atoms with Crippen LogP contribution in [0.15, 0.2) is 72.8 Å². The number of ether oxygens (including phenoxy) is 2. The molecule has 3 aromatic rings. The molecule has 1 aliphatic heterocycles. The zero-order chi connectivity index (χ0) is 19.3. The average Bonchev–Trinajstić information content (AvgIpc) is 3.21. The minimum Gasteiger partial charge on any atom is -0.454 e. The van der Waals surface area contributed by atoms with Crippen LogP contribution in [0.4, 0.5) is 5.69 Å². The van der Waals surface area contributed by atoms with Gasteiger partial charge in [0.1, 0.15) is 0 Å². The summed E-state index contributed by atoms with van der Waals surface area (Å²) in [5, 5.41) is 0. The van der Waals surface area contributed by atoms with Crippen LogP contribution in [0.5, 0.6) is 11.5 Å². The van der Waals surface area contributed by atoms with E-state index in [2.05, 4.69) is 0 Å². The van der Waals surface area contributed by atoms with E-state index in [9.17, 15) is 4.79 Å². The van der Waals surface area contributed by atoms with E-state index in [-0.39, 0.29) is 12.7 Å². The van der Waals surface area contributed by atoms with Gasteiger partial charge in [0.15, 0.2) is 11.5 Å². The molecule has 0 bridgehead atoms. The number of anilines is 1. The quantitative estimate of drug-likeness (QED) is 0.605. The van der Waals surface area contributed by atoms with Gasteiger partial charge in [-0.1, -0.05) is 60.7 Å². The second kappa shape index (κ2) is 8.01. The Bertz CT molecular complexity index is 994. The van der Waals surface area contributed by atoms with Crippen molar-refractivity contribution >= 4 is 23.7 Å². The molecule has 0 saturated heterocycles. The van der Waals surface area contributed by atoms with Crippen molar-refractivity contribution in [1.82, 2.24) is 0 Å². The molecule has 0 N–H and O–H groups in total. The zero-order valence-electron chi connectivity index (χ0n) is 15.7. The van der Waals surface area contributed by atoms with E-state index in [4.69, 9.17) is 9.47 Å². The van der Waals surface area contributed by atoms with Crippen LogP contribution in [0.1, 0.15) is 16.7 Å². The van der Waals surface area contributed by atoms with E-state index < -0.39 is 0 Å². The smallest absolute Gasteiger partial charge is 0.231 e. The van der Waals surface area contributed by atoms with E-state index in [1.807, 2.05) is 92.0 Å². The van der Waals surface area contributed by atoms with Gasteiger partial charge in [0, 0.05) is 12.7 Å². The van der Waals surface area contributed by atoms with Crippen LogP contribution < -0.4 is 14.4 Å². The van der Waals surface area contributed by atoms with Crippen molar-refractivity contribution in [2.75, 3.05) is 18.7 Å². The number of hydrogen-bond acceptors (Lipinski definition) is 3. The molecule has 140 valence electrons. The first-order valence-electron chi connectivity index (χ1n) is 9.17. The van der Waals surface area contributed by atoms with Crippen LogP contribution >= 0.6 is 0 Å². The number of likely N-dealkylation sites (N-methyl/N-ethyl adjacent to an activating group) is 1. The second-order valence-electron chi connectivity index (χ2n) is 6.65. The molecule has 0 saturated carbocycles. The number of carbonyl (C=O) groups excluding carboxylic acids is 1. The van der Waals surface area contributed by atoms with Crippen molar-refractivity contribution in [3.63, 3.8) is 0 Å². The largest absolute Gasteiger partial charge is 0.454 e. The summed E-state index contributed by atoms with van der Waals surface area (Å²) in [4.78, 5) is 14.2. The van der Waals surface area contributed by atoms with Gasteiger partial charge in [0.05, 0.1) is 6.42 Å². The van der Waals surface area contributed by atoms with Crippen molar-refractivity contribution in [2.45, 2.75) is 6.42 Å². The summed E-state index contributed by atoms with van der Waals surface area (Å²) in [5.41, 5.74) is 4.00. The van der Waals surface area contributed by atoms with Crippen molar-refractivity contribution in [3.05, 3.63) is 89.5 Å². The molecule has 0 unspecified atom stereocenters. The number of nitrogens with zero attached hydrogens (tertiary/aromatic N) is 1. The number of rotatable bonds is 5. The van der Waals surface area contributed by atoms with Crippen LogP contribution in [0, 0.1) is 0 Å². The van der Waals surface area contributed by atoms with Crippen molar-refractivity contribution in [1.29, 1.82) is 0 Å². The third-order valence-electron chi connectivity index (χ3n) is 4.72. The van der Waals surface area contributed by atoms with Gasteiger partial charge in [-0.25, -0.2) is 0 Å². The highest BCUT2D eigenvalue weighted by Crippen LogP contribution is 2.33. The predicted octanol–water partition coefficient (Wildman–Crippen LogP) is 4.79. The maximum absolute atomic E-state index is 12.5. The first-order valence-corrected chi connectivity index (χ1v) is 9.17. The lowest BCUT2D eigenvalue weighted by molar-refractivity contribution is -0.117. The van der Waals surface area contributed by atoms with Crippen LogP contribution in [0.25, 0.3) is 12.2 Å². The van der Waals surface area contributed by atoms with Crippen molar-refractivity contribution < 1.29 is 14.3 Å². The Hall–Kier alpha value is -3.53. The highest BCUT2D eigenvalue weighted by atomic mass is 16.7. The van der Waals surface area contributed by atoms with Gasteiger partial charge < -0.3 is 14.4 Å². The molecule has 0 atom stereocenters. The Labute approximate surface area is 164 Å². The highest BCUT2D eigenvalue weighted by Gasteiger charge is 2.13. The third-order valence-corrected chi connectivity index (χ3v) is 4.72. The lowest BCUT2D eigenvalue weighted by atomic mass is 10.1. The number of fused-ring (bicyclic) bond motifs is 1. The molecule has 1 amide bonds. The van der Waals surface area contributed by atoms with Crippen LogP contribution in [0.2, 0.25) is 0 Å². The van der Waals surface area contributed by atoms with Gasteiger partial charge >= 0.3 is 0 Å². The molecule has 28 heavy (non-hydrogen) atoms. The van der Waals surface area contributed by atoms with Crippen molar-refractivity contribution in [3.8, 4) is 11.5 Å². The van der Waals surface area contributed by atoms with Gasteiger partial charge in [-0.2, -0.15) is 0 Å². The van der Waals surface area contributed by atoms with E-state index in [0.29, 0.717) is 6.42 Å². The molecule has 0 aromatic heterocycles. The summed E-state index contributed by atoms with van der Waals surface area (Å²) in [7, 11) is 1.81. The first-order chi connectivity index (χ1) is 13.7. The van der Waals surface area contributed by atoms with Crippen LogP contribution in [0.3, 0.4) is 0 Å². The first kappa shape index (κ1) is 17.9. The molecule has 0 fully saturated rings. The molecule has 1 heterocycles. The lowest BCUT2D eigenvalue weighted by Gasteiger charge is -2.17. The Morgan fingerprint density at radius 1 is 0.893 bits per heavy atom. The normalized spacial score (nSPS) is 12.3. The molecule has 1 aliphatic rings. The Morgan fingerprint density at radius 3 is 2.36 bits per heavy atom. The number of benzene rings is 3. The van der Waals surface area contributed by atoms with E-state index in [1.54, 1.807) is 4.90 Å². The highest BCUT2D eigenvalue weighted by molar-refractivity contribution is 5.94. The summed E-state index contributed by atoms with van der Waals surface area (Å²) in [6, 6.07) is 23.6. The Balaban J connectivity index is 1.41. The fourth-order valence-electron chi connectivity index (χ4n) is 3.05. The fraction of sp³-hybridized carbons (Fsp3) is 0.125. The maximum atomic E-state index is 12.5. The molecule has 0 spiro atoms. The van der Waals surface area contributed by atoms with E-state index in [0.717, 1.165) is 33.9 Å². The molecule has 0 aliphatic carbocycles. The van der Waals surface area contributed by atoms with Gasteiger partial charge in [-0.3, -0.25) is 4.79 Å². The summed E-state index contributed by atoms with van der Waals surface area (Å²) < 4.78 is 10.7. The molecule has 3 aromatic carbocycles. The Morgan fingerprint density at radius 2 is 1.57 bits per heavy atom. The summed E-state index contributed by atoms with van der Waals surface area (Å²) in [5.74, 6) is 1.62. The predicted molar refractivity (Wildman–Crippen MR) is 111 cm³/mol. The maximum Gasteiger partial charge on any atom is 0.231 e. The average molecular weight is 371 g/mol. The van der Waals surface area contributed by atoms with E-state index in [1.165, 1.54) is 0 Å². The van der Waals surface area contributed by atoms with Crippen LogP contribution in [-0.4, -0.2) is 19.7 Å². The third kappa shape index (κ3) is 4.07. The number of carbonyl (C=O) groups is 1. The standard InChI is InChI=1S/C24H21NO3/c1-25(24(26)16-19-5-3-2-4-6-19)21-12-9-18(10-13-21)7-8-20-11-14-22-23(15-20)28-17-27-22/h2-15H,16-17H2,1H3/b8-7+. The second-order valence-corrected chi connectivity index (χ2v) is 6.65. The lowest BCUT2D eigenvalue weighted by Crippen LogP contribution is -2.27. The molecular formula is C24H21NO3. The zero-order valence-corrected chi connectivity index (χ0v) is 15.7. The molecule has 0 radical (unpaired) electrons. The van der Waals surface area contributed by atoms with Crippen molar-refractivity contribution in [2.24, 2.45) is 0 Å². The summed E-state index contributed by atoms with van der Waals surface area (Å²) >= 11 is 0. The minimum absolute atomic E-state index is 0.0647. The fourth-order valence-corrected chi connectivity index (χ4v) is 3.05. The minimum atomic E-state index is 0.0647. The number of hydrogen-bond donors (Lipinski definition) is 0.